The summed E-state index contributed by atoms with van der Waals surface area (Å²) < 4.78 is 1.95. The minimum absolute atomic E-state index is 0. The van der Waals surface area contributed by atoms with Gasteiger partial charge in [0.05, 0.1) is 5.41 Å². The van der Waals surface area contributed by atoms with Gasteiger partial charge in [-0.1, -0.05) is 13.8 Å². The first-order chi connectivity index (χ1) is 10.1. The molecular formula is C16H30Cl2N4O. The first kappa shape index (κ1) is 22.2. The molecule has 0 saturated carbocycles. The van der Waals surface area contributed by atoms with Gasteiger partial charge in [-0.3, -0.25) is 9.48 Å². The molecular weight excluding hydrogens is 335 g/mol. The maximum absolute atomic E-state index is 12.8. The van der Waals surface area contributed by atoms with Crippen molar-refractivity contribution in [2.45, 2.75) is 45.4 Å². The molecule has 0 aromatic carbocycles. The predicted molar refractivity (Wildman–Crippen MR) is 98.3 cm³/mol. The van der Waals surface area contributed by atoms with Gasteiger partial charge < -0.3 is 10.6 Å². The zero-order chi connectivity index (χ0) is 15.5. The summed E-state index contributed by atoms with van der Waals surface area (Å²) in [6.45, 7) is 6.24. The number of nitrogens with zero attached hydrogens (tertiary/aromatic N) is 3. The van der Waals surface area contributed by atoms with Crippen LogP contribution in [0.15, 0.2) is 12.3 Å². The van der Waals surface area contributed by atoms with Gasteiger partial charge in [0.2, 0.25) is 5.91 Å². The minimum atomic E-state index is -0.362. The van der Waals surface area contributed by atoms with E-state index in [1.54, 1.807) is 0 Å². The van der Waals surface area contributed by atoms with Gasteiger partial charge in [-0.25, -0.2) is 0 Å². The number of likely N-dealkylation sites (tertiary alicyclic amines) is 1. The number of carbonyl (C=O) groups is 1. The molecule has 134 valence electrons. The number of hydrogen-bond acceptors (Lipinski definition) is 3. The lowest BCUT2D eigenvalue weighted by Crippen LogP contribution is -2.50. The highest BCUT2D eigenvalue weighted by Gasteiger charge is 2.38. The summed E-state index contributed by atoms with van der Waals surface area (Å²) in [5, 5.41) is 4.24. The van der Waals surface area contributed by atoms with Crippen molar-refractivity contribution in [3.05, 3.63) is 18.0 Å². The average Bonchev–Trinajstić information content (AvgIpc) is 2.96. The van der Waals surface area contributed by atoms with Gasteiger partial charge in [0.25, 0.3) is 0 Å². The van der Waals surface area contributed by atoms with Crippen LogP contribution in [-0.2, 0) is 11.8 Å². The van der Waals surface area contributed by atoms with Crippen LogP contribution in [0.3, 0.4) is 0 Å². The number of nitrogens with two attached hydrogens (primary N) is 1. The predicted octanol–water partition coefficient (Wildman–Crippen LogP) is 2.73. The van der Waals surface area contributed by atoms with Crippen LogP contribution in [0.5, 0.6) is 0 Å². The molecule has 0 spiro atoms. The number of hydrogen-bond donors (Lipinski definition) is 1. The topological polar surface area (TPSA) is 64.2 Å². The zero-order valence-electron chi connectivity index (χ0n) is 14.3. The van der Waals surface area contributed by atoms with Gasteiger partial charge in [0.15, 0.2) is 0 Å². The largest absolute Gasteiger partial charge is 0.342 e. The second kappa shape index (κ2) is 9.50. The summed E-state index contributed by atoms with van der Waals surface area (Å²) in [6, 6.07) is 2.09. The van der Waals surface area contributed by atoms with Gasteiger partial charge in [-0.05, 0) is 31.7 Å². The van der Waals surface area contributed by atoms with Crippen molar-refractivity contribution in [1.82, 2.24) is 14.7 Å². The molecule has 1 aliphatic heterocycles. The van der Waals surface area contributed by atoms with E-state index in [-0.39, 0.29) is 36.1 Å². The molecule has 0 aliphatic carbocycles. The molecule has 23 heavy (non-hydrogen) atoms. The van der Waals surface area contributed by atoms with Crippen molar-refractivity contribution >= 4 is 30.7 Å². The molecule has 1 aromatic rings. The van der Waals surface area contributed by atoms with E-state index in [0.717, 1.165) is 38.8 Å². The third-order valence-corrected chi connectivity index (χ3v) is 5.26. The molecule has 1 fully saturated rings. The van der Waals surface area contributed by atoms with Crippen LogP contribution in [0.25, 0.3) is 0 Å². The fourth-order valence-corrected chi connectivity index (χ4v) is 3.43. The standard InChI is InChI=1S/C16H28N4O.2ClH/c1-4-16(5-2,12-17)15(21)20-10-7-13(8-11-20)14-6-9-18-19(14)3;;/h6,9,13H,4-5,7-8,10-12,17H2,1-3H3;2*1H. The van der Waals surface area contributed by atoms with Crippen LogP contribution in [0.4, 0.5) is 0 Å². The third kappa shape index (κ3) is 4.40. The molecule has 2 N–H and O–H groups in total. The lowest BCUT2D eigenvalue weighted by Gasteiger charge is -2.39. The van der Waals surface area contributed by atoms with Gasteiger partial charge >= 0.3 is 0 Å². The highest BCUT2D eigenvalue weighted by atomic mass is 35.5. The van der Waals surface area contributed by atoms with Crippen LogP contribution < -0.4 is 5.73 Å². The van der Waals surface area contributed by atoms with E-state index < -0.39 is 0 Å². The summed E-state index contributed by atoms with van der Waals surface area (Å²) in [4.78, 5) is 14.8. The Morgan fingerprint density at radius 2 is 1.87 bits per heavy atom. The number of rotatable bonds is 5. The zero-order valence-corrected chi connectivity index (χ0v) is 16.0. The lowest BCUT2D eigenvalue weighted by molar-refractivity contribution is -0.143. The van der Waals surface area contributed by atoms with Crippen LogP contribution in [0, 0.1) is 5.41 Å². The molecule has 1 amide bonds. The van der Waals surface area contributed by atoms with E-state index in [2.05, 4.69) is 25.0 Å². The third-order valence-electron chi connectivity index (χ3n) is 5.26. The number of halogens is 2. The number of aromatic nitrogens is 2. The maximum atomic E-state index is 12.8. The molecule has 2 rings (SSSR count). The Morgan fingerprint density at radius 3 is 2.26 bits per heavy atom. The Hall–Kier alpha value is -0.780. The first-order valence-electron chi connectivity index (χ1n) is 8.05. The second-order valence-corrected chi connectivity index (χ2v) is 6.14. The van der Waals surface area contributed by atoms with Gasteiger partial charge in [0, 0.05) is 44.5 Å². The van der Waals surface area contributed by atoms with Crippen LogP contribution >= 0.6 is 24.8 Å². The van der Waals surface area contributed by atoms with E-state index in [9.17, 15) is 4.79 Å². The van der Waals surface area contributed by atoms with E-state index in [1.165, 1.54) is 5.69 Å². The number of carbonyl (C=O) groups excluding carboxylic acids is 1. The molecule has 5 nitrogen and oxygen atoms in total. The van der Waals surface area contributed by atoms with Crippen LogP contribution in [0.1, 0.15) is 51.1 Å². The Kier molecular flexibility index (Phi) is 9.18. The highest BCUT2D eigenvalue weighted by molar-refractivity contribution is 5.85. The summed E-state index contributed by atoms with van der Waals surface area (Å²) in [7, 11) is 1.99. The molecule has 1 saturated heterocycles. The van der Waals surface area contributed by atoms with Crippen LogP contribution in [0.2, 0.25) is 0 Å². The smallest absolute Gasteiger partial charge is 0.230 e. The summed E-state index contributed by atoms with van der Waals surface area (Å²) in [5.74, 6) is 0.760. The maximum Gasteiger partial charge on any atom is 0.230 e. The normalized spacial score (nSPS) is 15.7. The average molecular weight is 365 g/mol. The monoisotopic (exact) mass is 364 g/mol. The highest BCUT2D eigenvalue weighted by Crippen LogP contribution is 2.32. The van der Waals surface area contributed by atoms with Gasteiger partial charge in [0.1, 0.15) is 0 Å². The van der Waals surface area contributed by atoms with E-state index >= 15 is 0 Å². The number of amides is 1. The van der Waals surface area contributed by atoms with E-state index in [0.29, 0.717) is 12.5 Å². The van der Waals surface area contributed by atoms with Crippen molar-refractivity contribution in [2.24, 2.45) is 18.2 Å². The Labute approximate surface area is 151 Å². The Balaban J connectivity index is 0.00000242. The van der Waals surface area contributed by atoms with Crippen molar-refractivity contribution in [3.63, 3.8) is 0 Å². The molecule has 0 bridgehead atoms. The molecule has 2 heterocycles. The molecule has 0 radical (unpaired) electrons. The second-order valence-electron chi connectivity index (χ2n) is 6.14. The molecule has 0 unspecified atom stereocenters. The Bertz CT molecular complexity index is 472. The van der Waals surface area contributed by atoms with Crippen molar-refractivity contribution < 1.29 is 4.79 Å². The molecule has 1 aliphatic rings. The van der Waals surface area contributed by atoms with Gasteiger partial charge in [-0.2, -0.15) is 5.10 Å². The van der Waals surface area contributed by atoms with Crippen molar-refractivity contribution in [3.8, 4) is 0 Å². The molecule has 1 aromatic heterocycles. The summed E-state index contributed by atoms with van der Waals surface area (Å²) in [6.07, 6.45) is 5.51. The van der Waals surface area contributed by atoms with E-state index in [4.69, 9.17) is 5.73 Å². The Morgan fingerprint density at radius 1 is 1.30 bits per heavy atom. The summed E-state index contributed by atoms with van der Waals surface area (Å²) in [5.41, 5.74) is 6.82. The van der Waals surface area contributed by atoms with Crippen molar-refractivity contribution in [2.75, 3.05) is 19.6 Å². The van der Waals surface area contributed by atoms with E-state index in [1.807, 2.05) is 22.8 Å². The molecule has 7 heteroatoms. The molecule has 0 atom stereocenters. The van der Waals surface area contributed by atoms with Crippen LogP contribution in [-0.4, -0.2) is 40.2 Å². The first-order valence-corrected chi connectivity index (χ1v) is 8.05. The summed E-state index contributed by atoms with van der Waals surface area (Å²) >= 11 is 0. The van der Waals surface area contributed by atoms with Gasteiger partial charge in [-0.15, -0.1) is 24.8 Å². The lowest BCUT2D eigenvalue weighted by atomic mass is 9.80. The fraction of sp³-hybridized carbons (Fsp3) is 0.750. The number of aryl methyl sites for hydroxylation is 1. The van der Waals surface area contributed by atoms with Crippen molar-refractivity contribution in [1.29, 1.82) is 0 Å². The number of piperidine rings is 1. The minimum Gasteiger partial charge on any atom is -0.342 e. The fourth-order valence-electron chi connectivity index (χ4n) is 3.43. The SMILES string of the molecule is CCC(CC)(CN)C(=O)N1CCC(c2ccnn2C)CC1.Cl.Cl. The quantitative estimate of drug-likeness (QED) is 0.873.